The highest BCUT2D eigenvalue weighted by molar-refractivity contribution is 6.31. The minimum absolute atomic E-state index is 0.167. The largest absolute Gasteiger partial charge is 0.444 e. The van der Waals surface area contributed by atoms with Crippen LogP contribution in [0.25, 0.3) is 0 Å². The van der Waals surface area contributed by atoms with Gasteiger partial charge in [0, 0.05) is 5.56 Å². The molecule has 0 radical (unpaired) electrons. The van der Waals surface area contributed by atoms with Crippen LogP contribution in [0.5, 0.6) is 0 Å². The van der Waals surface area contributed by atoms with Crippen LogP contribution < -0.4 is 5.32 Å². The lowest BCUT2D eigenvalue weighted by Gasteiger charge is -2.28. The Morgan fingerprint density at radius 3 is 2.45 bits per heavy atom. The van der Waals surface area contributed by atoms with Crippen LogP contribution in [-0.4, -0.2) is 18.0 Å². The van der Waals surface area contributed by atoms with Crippen LogP contribution >= 0.6 is 11.6 Å². The molecule has 1 aromatic carbocycles. The van der Waals surface area contributed by atoms with E-state index in [1.165, 1.54) is 25.1 Å². The normalized spacial score (nSPS) is 14.3. The summed E-state index contributed by atoms with van der Waals surface area (Å²) in [5, 5.41) is 2.19. The number of nitrogens with one attached hydrogen (secondary N) is 1. The molecule has 1 unspecified atom stereocenters. The third kappa shape index (κ3) is 3.93. The molecule has 0 heterocycles. The lowest BCUT2D eigenvalue weighted by Crippen LogP contribution is -2.47. The van der Waals surface area contributed by atoms with Gasteiger partial charge in [-0.15, -0.1) is 0 Å². The fraction of sp³-hybridized carbons (Fsp3) is 0.429. The zero-order valence-electron chi connectivity index (χ0n) is 11.8. The first-order chi connectivity index (χ1) is 9.09. The predicted octanol–water partition coefficient (Wildman–Crippen LogP) is 3.42. The highest BCUT2D eigenvalue weighted by Gasteiger charge is 2.33. The zero-order chi connectivity index (χ0) is 15.6. The monoisotopic (exact) mass is 301 g/mol. The van der Waals surface area contributed by atoms with Crippen LogP contribution in [0.4, 0.5) is 9.18 Å². The highest BCUT2D eigenvalue weighted by atomic mass is 35.5. The van der Waals surface area contributed by atoms with Gasteiger partial charge in [0.05, 0.1) is 5.02 Å². The molecule has 1 atom stereocenters. The topological polar surface area (TPSA) is 55.4 Å². The van der Waals surface area contributed by atoms with Crippen molar-refractivity contribution in [2.45, 2.75) is 38.8 Å². The highest BCUT2D eigenvalue weighted by Crippen LogP contribution is 2.29. The van der Waals surface area contributed by atoms with Crippen LogP contribution in [0, 0.1) is 5.82 Å². The van der Waals surface area contributed by atoms with Gasteiger partial charge >= 0.3 is 6.09 Å². The molecule has 6 heteroatoms. The summed E-state index contributed by atoms with van der Waals surface area (Å²) < 4.78 is 18.5. The molecule has 0 saturated heterocycles. The summed E-state index contributed by atoms with van der Waals surface area (Å²) in [5.74, 6) is -0.664. The Kier molecular flexibility index (Phi) is 4.76. The van der Waals surface area contributed by atoms with Crippen LogP contribution in [-0.2, 0) is 15.1 Å². The minimum Gasteiger partial charge on any atom is -0.444 e. The first-order valence-electron chi connectivity index (χ1n) is 6.01. The third-order valence-corrected chi connectivity index (χ3v) is 2.89. The quantitative estimate of drug-likeness (QED) is 0.870. The molecule has 4 nitrogen and oxygen atoms in total. The SMILES string of the molecule is CC(C)(C)OC(=O)NC(C)(C=O)c1cccc(F)c1Cl. The van der Waals surface area contributed by atoms with Gasteiger partial charge in [-0.2, -0.15) is 0 Å². The standard InChI is InChI=1S/C14H17ClFNO3/c1-13(2,3)20-12(19)17-14(4,8-18)9-6-5-7-10(16)11(9)15/h5-8H,1-4H3,(H,17,19). The molecule has 20 heavy (non-hydrogen) atoms. The number of aldehydes is 1. The Morgan fingerprint density at radius 1 is 1.35 bits per heavy atom. The van der Waals surface area contributed by atoms with E-state index in [4.69, 9.17) is 16.3 Å². The van der Waals surface area contributed by atoms with Gasteiger partial charge in [0.1, 0.15) is 23.2 Å². The number of hydrogen-bond acceptors (Lipinski definition) is 3. The van der Waals surface area contributed by atoms with Crippen LogP contribution in [0.1, 0.15) is 33.3 Å². The fourth-order valence-corrected chi connectivity index (χ4v) is 1.90. The van der Waals surface area contributed by atoms with E-state index in [2.05, 4.69) is 5.32 Å². The Hall–Kier alpha value is -1.62. The van der Waals surface area contributed by atoms with Crippen molar-refractivity contribution in [1.82, 2.24) is 5.32 Å². The van der Waals surface area contributed by atoms with Gasteiger partial charge in [-0.1, -0.05) is 23.7 Å². The number of carbonyl (C=O) groups excluding carboxylic acids is 2. The summed E-state index contributed by atoms with van der Waals surface area (Å²) >= 11 is 5.85. The number of alkyl carbamates (subject to hydrolysis) is 1. The first-order valence-corrected chi connectivity index (χ1v) is 6.39. The van der Waals surface area contributed by atoms with Crippen LogP contribution in [0.2, 0.25) is 5.02 Å². The molecule has 0 spiro atoms. The summed E-state index contributed by atoms with van der Waals surface area (Å²) in [7, 11) is 0. The molecule has 1 rings (SSSR count). The van der Waals surface area contributed by atoms with Crippen molar-refractivity contribution in [2.24, 2.45) is 0 Å². The van der Waals surface area contributed by atoms with Crippen LogP contribution in [0.3, 0.4) is 0 Å². The van der Waals surface area contributed by atoms with Crippen molar-refractivity contribution in [3.05, 3.63) is 34.6 Å². The van der Waals surface area contributed by atoms with E-state index in [0.717, 1.165) is 0 Å². The number of halogens is 2. The van der Waals surface area contributed by atoms with E-state index in [9.17, 15) is 14.0 Å². The van der Waals surface area contributed by atoms with Gasteiger partial charge in [0.25, 0.3) is 0 Å². The molecule has 0 bridgehead atoms. The van der Waals surface area contributed by atoms with E-state index in [1.54, 1.807) is 20.8 Å². The average molecular weight is 302 g/mol. The van der Waals surface area contributed by atoms with Crippen molar-refractivity contribution in [2.75, 3.05) is 0 Å². The fourth-order valence-electron chi connectivity index (χ4n) is 1.58. The molecule has 0 aliphatic carbocycles. The maximum Gasteiger partial charge on any atom is 0.408 e. The maximum absolute atomic E-state index is 13.5. The van der Waals surface area contributed by atoms with Gasteiger partial charge in [0.15, 0.2) is 0 Å². The van der Waals surface area contributed by atoms with E-state index in [-0.39, 0.29) is 10.6 Å². The summed E-state index contributed by atoms with van der Waals surface area (Å²) in [6.07, 6.45) is -0.301. The van der Waals surface area contributed by atoms with Crippen molar-refractivity contribution < 1.29 is 18.7 Å². The van der Waals surface area contributed by atoms with E-state index < -0.39 is 23.1 Å². The summed E-state index contributed by atoms with van der Waals surface area (Å²) in [6, 6.07) is 4.05. The van der Waals surface area contributed by atoms with Crippen molar-refractivity contribution in [3.8, 4) is 0 Å². The third-order valence-electron chi connectivity index (χ3n) is 2.51. The minimum atomic E-state index is -1.47. The molecule has 0 fully saturated rings. The number of amides is 1. The second-order valence-electron chi connectivity index (χ2n) is 5.55. The Balaban J connectivity index is 3.06. The van der Waals surface area contributed by atoms with Crippen molar-refractivity contribution in [3.63, 3.8) is 0 Å². The van der Waals surface area contributed by atoms with Gasteiger partial charge in [-0.25, -0.2) is 9.18 Å². The Morgan fingerprint density at radius 2 is 1.95 bits per heavy atom. The summed E-state index contributed by atoms with van der Waals surface area (Å²) in [4.78, 5) is 23.1. The number of rotatable bonds is 3. The Labute approximate surface area is 122 Å². The molecule has 0 aliphatic rings. The molecule has 1 aromatic rings. The zero-order valence-corrected chi connectivity index (χ0v) is 12.5. The number of benzene rings is 1. The van der Waals surface area contributed by atoms with Crippen LogP contribution in [0.15, 0.2) is 18.2 Å². The second kappa shape index (κ2) is 5.79. The lowest BCUT2D eigenvalue weighted by molar-refractivity contribution is -0.113. The molecule has 1 amide bonds. The molecule has 0 aromatic heterocycles. The van der Waals surface area contributed by atoms with Crippen molar-refractivity contribution >= 4 is 24.0 Å². The molecule has 0 saturated carbocycles. The van der Waals surface area contributed by atoms with Crippen molar-refractivity contribution in [1.29, 1.82) is 0 Å². The second-order valence-corrected chi connectivity index (χ2v) is 5.93. The molecular weight excluding hydrogens is 285 g/mol. The molecular formula is C14H17ClFNO3. The number of ether oxygens (including phenoxy) is 1. The van der Waals surface area contributed by atoms with Gasteiger partial charge < -0.3 is 14.8 Å². The number of carbonyl (C=O) groups is 2. The summed E-state index contributed by atoms with van der Waals surface area (Å²) in [6.45, 7) is 6.50. The van der Waals surface area contributed by atoms with Gasteiger partial charge in [-0.3, -0.25) is 0 Å². The van der Waals surface area contributed by atoms with E-state index in [0.29, 0.717) is 6.29 Å². The number of hydrogen-bond donors (Lipinski definition) is 1. The first kappa shape index (κ1) is 16.4. The van der Waals surface area contributed by atoms with E-state index in [1.807, 2.05) is 0 Å². The average Bonchev–Trinajstić information content (AvgIpc) is 2.29. The summed E-state index contributed by atoms with van der Waals surface area (Å²) in [5.41, 5.74) is -2.01. The lowest BCUT2D eigenvalue weighted by atomic mass is 9.93. The predicted molar refractivity (Wildman–Crippen MR) is 74.2 cm³/mol. The maximum atomic E-state index is 13.5. The molecule has 1 N–H and O–H groups in total. The molecule has 0 aliphatic heterocycles. The van der Waals surface area contributed by atoms with Gasteiger partial charge in [-0.05, 0) is 33.8 Å². The van der Waals surface area contributed by atoms with Gasteiger partial charge in [0.2, 0.25) is 0 Å². The van der Waals surface area contributed by atoms with E-state index >= 15 is 0 Å². The molecule has 110 valence electrons. The smallest absolute Gasteiger partial charge is 0.408 e. The Bertz CT molecular complexity index is 528.